The second-order valence-corrected chi connectivity index (χ2v) is 6.92. The van der Waals surface area contributed by atoms with Crippen LogP contribution in [0.15, 0.2) is 42.7 Å². The fourth-order valence-electron chi connectivity index (χ4n) is 2.96. The van der Waals surface area contributed by atoms with E-state index in [9.17, 15) is 9.59 Å². The standard InChI is InChI=1S/C17H15BrN4O3/c1-9-10(2)25-16-19-14-13(22(9)16)15(23)21(17(24)20(14)3)8-11-4-6-12(18)7-5-11/h4-7H,8H2,1-3H3. The zero-order valence-corrected chi connectivity index (χ0v) is 15.5. The molecule has 128 valence electrons. The van der Waals surface area contributed by atoms with Crippen LogP contribution in [-0.2, 0) is 13.6 Å². The third kappa shape index (κ3) is 2.28. The van der Waals surface area contributed by atoms with Crippen LogP contribution >= 0.6 is 15.9 Å². The van der Waals surface area contributed by atoms with Gasteiger partial charge in [-0.1, -0.05) is 28.1 Å². The first-order chi connectivity index (χ1) is 11.9. The van der Waals surface area contributed by atoms with E-state index in [2.05, 4.69) is 20.9 Å². The first-order valence-electron chi connectivity index (χ1n) is 7.71. The zero-order valence-electron chi connectivity index (χ0n) is 13.9. The number of oxazole rings is 1. The molecule has 8 heteroatoms. The number of aryl methyl sites for hydroxylation is 3. The predicted octanol–water partition coefficient (Wildman–Crippen LogP) is 2.37. The lowest BCUT2D eigenvalue weighted by atomic mass is 10.2. The smallest absolute Gasteiger partial charge is 0.332 e. The Bertz CT molecular complexity index is 1240. The summed E-state index contributed by atoms with van der Waals surface area (Å²) in [6.07, 6.45) is 0. The molecule has 7 nitrogen and oxygen atoms in total. The van der Waals surface area contributed by atoms with Crippen molar-refractivity contribution in [3.8, 4) is 0 Å². The zero-order chi connectivity index (χ0) is 17.9. The van der Waals surface area contributed by atoms with Gasteiger partial charge in [-0.25, -0.2) is 4.79 Å². The summed E-state index contributed by atoms with van der Waals surface area (Å²) in [7, 11) is 1.61. The minimum Gasteiger partial charge on any atom is -0.428 e. The van der Waals surface area contributed by atoms with Crippen molar-refractivity contribution in [3.05, 3.63) is 66.6 Å². The molecular formula is C17H15BrN4O3. The molecule has 0 amide bonds. The molecule has 0 aliphatic heterocycles. The minimum absolute atomic E-state index is 0.192. The number of benzene rings is 1. The summed E-state index contributed by atoms with van der Waals surface area (Å²) in [6, 6.07) is 7.51. The van der Waals surface area contributed by atoms with Gasteiger partial charge in [0.1, 0.15) is 5.76 Å². The second kappa shape index (κ2) is 5.45. The normalized spacial score (nSPS) is 11.7. The number of hydrogen-bond acceptors (Lipinski definition) is 4. The van der Waals surface area contributed by atoms with Crippen LogP contribution in [0, 0.1) is 13.8 Å². The largest absolute Gasteiger partial charge is 0.428 e. The molecule has 0 unspecified atom stereocenters. The van der Waals surface area contributed by atoms with E-state index in [1.54, 1.807) is 11.4 Å². The van der Waals surface area contributed by atoms with Gasteiger partial charge in [0.25, 0.3) is 5.56 Å². The minimum atomic E-state index is -0.407. The van der Waals surface area contributed by atoms with Gasteiger partial charge in [-0.15, -0.1) is 0 Å². The summed E-state index contributed by atoms with van der Waals surface area (Å²) in [5.74, 6) is 1.01. The highest BCUT2D eigenvalue weighted by Gasteiger charge is 2.21. The molecular weight excluding hydrogens is 388 g/mol. The van der Waals surface area contributed by atoms with Gasteiger partial charge in [-0.05, 0) is 31.5 Å². The van der Waals surface area contributed by atoms with Crippen LogP contribution in [0.5, 0.6) is 0 Å². The first kappa shape index (κ1) is 15.9. The Morgan fingerprint density at radius 2 is 1.84 bits per heavy atom. The quantitative estimate of drug-likeness (QED) is 0.515. The molecule has 0 fully saturated rings. The van der Waals surface area contributed by atoms with E-state index in [1.807, 2.05) is 38.1 Å². The number of nitrogens with zero attached hydrogens (tertiary/aromatic N) is 4. The third-order valence-corrected chi connectivity index (χ3v) is 4.98. The molecule has 0 N–H and O–H groups in total. The van der Waals surface area contributed by atoms with Gasteiger partial charge in [0.2, 0.25) is 0 Å². The summed E-state index contributed by atoms with van der Waals surface area (Å²) < 4.78 is 10.8. The number of halogens is 1. The highest BCUT2D eigenvalue weighted by Crippen LogP contribution is 2.19. The second-order valence-electron chi connectivity index (χ2n) is 6.01. The predicted molar refractivity (Wildman–Crippen MR) is 97.2 cm³/mol. The summed E-state index contributed by atoms with van der Waals surface area (Å²) in [4.78, 5) is 30.0. The summed E-state index contributed by atoms with van der Waals surface area (Å²) in [5, 5.41) is 0. The lowest BCUT2D eigenvalue weighted by Gasteiger charge is -2.08. The molecule has 1 aromatic carbocycles. The average molecular weight is 403 g/mol. The maximum Gasteiger partial charge on any atom is 0.332 e. The van der Waals surface area contributed by atoms with Crippen molar-refractivity contribution in [3.63, 3.8) is 0 Å². The number of hydrogen-bond donors (Lipinski definition) is 0. The van der Waals surface area contributed by atoms with Crippen LogP contribution in [0.3, 0.4) is 0 Å². The fourth-order valence-corrected chi connectivity index (χ4v) is 3.22. The fraction of sp³-hybridized carbons (Fsp3) is 0.235. The number of fused-ring (bicyclic) bond motifs is 3. The van der Waals surface area contributed by atoms with E-state index in [0.717, 1.165) is 15.7 Å². The van der Waals surface area contributed by atoms with Crippen LogP contribution in [0.25, 0.3) is 17.0 Å². The Hall–Kier alpha value is -2.61. The molecule has 0 spiro atoms. The number of rotatable bonds is 2. The highest BCUT2D eigenvalue weighted by atomic mass is 79.9. The lowest BCUT2D eigenvalue weighted by molar-refractivity contribution is 0.561. The molecule has 0 atom stereocenters. The van der Waals surface area contributed by atoms with E-state index < -0.39 is 5.69 Å². The van der Waals surface area contributed by atoms with Crippen LogP contribution in [0.2, 0.25) is 0 Å². The average Bonchev–Trinajstić information content (AvgIpc) is 3.08. The molecule has 0 saturated carbocycles. The molecule has 4 aromatic rings. The van der Waals surface area contributed by atoms with E-state index in [1.165, 1.54) is 9.13 Å². The van der Waals surface area contributed by atoms with Gasteiger partial charge < -0.3 is 4.42 Å². The molecule has 0 bridgehead atoms. The van der Waals surface area contributed by atoms with Crippen molar-refractivity contribution >= 4 is 32.9 Å². The summed E-state index contributed by atoms with van der Waals surface area (Å²) >= 11 is 3.38. The molecule has 0 saturated heterocycles. The van der Waals surface area contributed by atoms with Crippen molar-refractivity contribution in [1.82, 2.24) is 18.5 Å². The van der Waals surface area contributed by atoms with Crippen LogP contribution in [-0.4, -0.2) is 18.5 Å². The Morgan fingerprint density at radius 1 is 1.16 bits per heavy atom. The van der Waals surface area contributed by atoms with Gasteiger partial charge in [0, 0.05) is 11.5 Å². The van der Waals surface area contributed by atoms with Gasteiger partial charge in [0.15, 0.2) is 11.2 Å². The molecule has 25 heavy (non-hydrogen) atoms. The topological polar surface area (TPSA) is 74.4 Å². The Balaban J connectivity index is 2.04. The van der Waals surface area contributed by atoms with Crippen molar-refractivity contribution in [2.24, 2.45) is 7.05 Å². The molecule has 0 aliphatic rings. The van der Waals surface area contributed by atoms with E-state index in [-0.39, 0.29) is 12.1 Å². The van der Waals surface area contributed by atoms with E-state index >= 15 is 0 Å². The van der Waals surface area contributed by atoms with Crippen molar-refractivity contribution in [2.45, 2.75) is 20.4 Å². The van der Waals surface area contributed by atoms with E-state index in [0.29, 0.717) is 22.8 Å². The van der Waals surface area contributed by atoms with Gasteiger partial charge in [0.05, 0.1) is 12.2 Å². The van der Waals surface area contributed by atoms with Crippen LogP contribution in [0.4, 0.5) is 0 Å². The lowest BCUT2D eigenvalue weighted by Crippen LogP contribution is -2.39. The molecule has 3 heterocycles. The third-order valence-electron chi connectivity index (χ3n) is 4.45. The number of imidazole rings is 1. The maximum atomic E-state index is 13.0. The Kier molecular flexibility index (Phi) is 3.47. The summed E-state index contributed by atoms with van der Waals surface area (Å²) in [6.45, 7) is 3.87. The van der Waals surface area contributed by atoms with Gasteiger partial charge in [-0.3, -0.25) is 18.3 Å². The Labute approximate surface area is 150 Å². The summed E-state index contributed by atoms with van der Waals surface area (Å²) in [5.41, 5.74) is 1.55. The molecule has 0 aliphatic carbocycles. The van der Waals surface area contributed by atoms with Crippen molar-refractivity contribution in [1.29, 1.82) is 0 Å². The molecule has 3 aromatic heterocycles. The monoisotopic (exact) mass is 402 g/mol. The molecule has 4 rings (SSSR count). The van der Waals surface area contributed by atoms with Crippen molar-refractivity contribution < 1.29 is 4.42 Å². The van der Waals surface area contributed by atoms with Crippen molar-refractivity contribution in [2.75, 3.05) is 0 Å². The SMILES string of the molecule is Cc1oc2nc3c(c(=O)n(Cc4ccc(Br)cc4)c(=O)n3C)n2c1C. The van der Waals surface area contributed by atoms with Gasteiger partial charge in [-0.2, -0.15) is 4.98 Å². The van der Waals surface area contributed by atoms with Crippen LogP contribution in [0.1, 0.15) is 17.0 Å². The maximum absolute atomic E-state index is 13.0. The first-order valence-corrected chi connectivity index (χ1v) is 8.50. The van der Waals surface area contributed by atoms with E-state index in [4.69, 9.17) is 4.42 Å². The highest BCUT2D eigenvalue weighted by molar-refractivity contribution is 9.10. The number of aromatic nitrogens is 4. The molecule has 0 radical (unpaired) electrons. The van der Waals surface area contributed by atoms with Crippen LogP contribution < -0.4 is 11.2 Å². The Morgan fingerprint density at radius 3 is 2.52 bits per heavy atom. The van der Waals surface area contributed by atoms with Gasteiger partial charge >= 0.3 is 11.5 Å².